The van der Waals surface area contributed by atoms with Gasteiger partial charge in [0.1, 0.15) is 18.1 Å². The second-order valence-corrected chi connectivity index (χ2v) is 8.67. The third-order valence-electron chi connectivity index (χ3n) is 4.46. The summed E-state index contributed by atoms with van der Waals surface area (Å²) in [5.41, 5.74) is 3.06. The maximum Gasteiger partial charge on any atom is 0.255 e. The van der Waals surface area contributed by atoms with Crippen LogP contribution in [-0.2, 0) is 16.6 Å². The topological polar surface area (TPSA) is 111 Å². The Morgan fingerprint density at radius 1 is 1.10 bits per heavy atom. The lowest BCUT2D eigenvalue weighted by atomic mass is 10.2. The Labute approximate surface area is 175 Å². The van der Waals surface area contributed by atoms with Gasteiger partial charge >= 0.3 is 0 Å². The number of carbonyl (C=O) groups is 1. The summed E-state index contributed by atoms with van der Waals surface area (Å²) in [4.78, 5) is 12.6. The van der Waals surface area contributed by atoms with Gasteiger partial charge in [0.05, 0.1) is 17.0 Å². The zero-order chi connectivity index (χ0) is 21.7. The van der Waals surface area contributed by atoms with Crippen molar-refractivity contribution < 1.29 is 22.5 Å². The Bertz CT molecular complexity index is 1120. The lowest BCUT2D eigenvalue weighted by molar-refractivity contribution is 0.102. The van der Waals surface area contributed by atoms with Crippen LogP contribution in [0.4, 0.5) is 11.4 Å². The third-order valence-corrected chi connectivity index (χ3v) is 5.76. The monoisotopic (exact) mass is 429 g/mol. The van der Waals surface area contributed by atoms with Gasteiger partial charge in [-0.1, -0.05) is 11.2 Å². The van der Waals surface area contributed by atoms with E-state index in [-0.39, 0.29) is 11.7 Å². The van der Waals surface area contributed by atoms with E-state index in [1.54, 1.807) is 55.5 Å². The number of anilines is 2. The van der Waals surface area contributed by atoms with Gasteiger partial charge in [0.15, 0.2) is 0 Å². The molecule has 8 nitrogen and oxygen atoms in total. The number of aryl methyl sites for hydroxylation is 2. The van der Waals surface area contributed by atoms with Gasteiger partial charge in [-0.2, -0.15) is 0 Å². The molecule has 0 aliphatic heterocycles. The van der Waals surface area contributed by atoms with Gasteiger partial charge in [-0.15, -0.1) is 0 Å². The van der Waals surface area contributed by atoms with Crippen LogP contribution in [0.15, 0.2) is 53.1 Å². The molecule has 1 heterocycles. The van der Waals surface area contributed by atoms with Gasteiger partial charge in [0, 0.05) is 16.9 Å². The van der Waals surface area contributed by atoms with Crippen LogP contribution in [-0.4, -0.2) is 25.2 Å². The number of amides is 1. The van der Waals surface area contributed by atoms with Crippen molar-refractivity contribution in [1.82, 2.24) is 5.16 Å². The number of sulfonamides is 1. The molecule has 1 aromatic heterocycles. The van der Waals surface area contributed by atoms with Crippen LogP contribution < -0.4 is 14.8 Å². The van der Waals surface area contributed by atoms with Gasteiger partial charge < -0.3 is 14.6 Å². The fraction of sp³-hybridized carbons (Fsp3) is 0.238. The summed E-state index contributed by atoms with van der Waals surface area (Å²) < 4.78 is 36.6. The average Bonchev–Trinajstić information content (AvgIpc) is 3.05. The molecule has 0 spiro atoms. The van der Waals surface area contributed by atoms with Crippen molar-refractivity contribution in [2.45, 2.75) is 27.4 Å². The van der Waals surface area contributed by atoms with Crippen molar-refractivity contribution >= 4 is 27.3 Å². The van der Waals surface area contributed by atoms with Crippen molar-refractivity contribution in [2.24, 2.45) is 0 Å². The maximum absolute atomic E-state index is 12.6. The molecule has 0 saturated carbocycles. The van der Waals surface area contributed by atoms with Crippen LogP contribution in [0.1, 0.15) is 34.3 Å². The highest BCUT2D eigenvalue weighted by atomic mass is 32.2. The van der Waals surface area contributed by atoms with E-state index in [2.05, 4.69) is 15.2 Å². The van der Waals surface area contributed by atoms with Crippen molar-refractivity contribution in [3.8, 4) is 5.75 Å². The number of benzene rings is 2. The molecule has 0 bridgehead atoms. The lowest BCUT2D eigenvalue weighted by Crippen LogP contribution is -2.15. The molecule has 0 atom stereocenters. The zero-order valence-electron chi connectivity index (χ0n) is 16.9. The van der Waals surface area contributed by atoms with Crippen molar-refractivity contribution in [3.05, 3.63) is 71.1 Å². The molecule has 0 unspecified atom stereocenters. The molecule has 0 radical (unpaired) electrons. The summed E-state index contributed by atoms with van der Waals surface area (Å²) >= 11 is 0. The highest BCUT2D eigenvalue weighted by Gasteiger charge is 2.12. The summed E-state index contributed by atoms with van der Waals surface area (Å²) in [5, 5.41) is 6.68. The maximum atomic E-state index is 12.6. The van der Waals surface area contributed by atoms with E-state index in [0.29, 0.717) is 35.1 Å². The number of rotatable bonds is 8. The van der Waals surface area contributed by atoms with Gasteiger partial charge in [-0.3, -0.25) is 9.52 Å². The quantitative estimate of drug-likeness (QED) is 0.562. The number of hydrogen-bond acceptors (Lipinski definition) is 6. The number of ether oxygens (including phenoxy) is 1. The van der Waals surface area contributed by atoms with E-state index in [1.165, 1.54) is 0 Å². The first kappa shape index (κ1) is 21.4. The van der Waals surface area contributed by atoms with Crippen LogP contribution in [0.5, 0.6) is 5.75 Å². The molecule has 0 aliphatic carbocycles. The standard InChI is InChI=1S/C21H23N3O5S/c1-4-30(26,27)24-18-10-8-17(9-11-18)22-21(25)16-6-5-7-19(12-16)28-13-20-14(2)23-29-15(20)3/h5-12,24H,4,13H2,1-3H3,(H,22,25). The number of nitrogens with one attached hydrogen (secondary N) is 2. The highest BCUT2D eigenvalue weighted by molar-refractivity contribution is 7.92. The first-order valence-corrected chi connectivity index (χ1v) is 11.0. The molecule has 2 N–H and O–H groups in total. The molecule has 0 fully saturated rings. The predicted octanol–water partition coefficient (Wildman–Crippen LogP) is 3.88. The van der Waals surface area contributed by atoms with Crippen LogP contribution in [0, 0.1) is 13.8 Å². The molecule has 3 aromatic rings. The number of aromatic nitrogens is 1. The number of hydrogen-bond donors (Lipinski definition) is 2. The van der Waals surface area contributed by atoms with E-state index in [4.69, 9.17) is 9.26 Å². The van der Waals surface area contributed by atoms with Gasteiger partial charge in [-0.05, 0) is 63.2 Å². The summed E-state index contributed by atoms with van der Waals surface area (Å²) in [7, 11) is -3.34. The van der Waals surface area contributed by atoms with Gasteiger partial charge in [-0.25, -0.2) is 8.42 Å². The van der Waals surface area contributed by atoms with E-state index in [1.807, 2.05) is 13.8 Å². The molecule has 3 rings (SSSR count). The molecule has 158 valence electrons. The minimum Gasteiger partial charge on any atom is -0.489 e. The first-order chi connectivity index (χ1) is 14.3. The zero-order valence-corrected chi connectivity index (χ0v) is 17.7. The van der Waals surface area contributed by atoms with Crippen molar-refractivity contribution in [3.63, 3.8) is 0 Å². The second kappa shape index (κ2) is 9.00. The number of nitrogens with zero attached hydrogens (tertiary/aromatic N) is 1. The molecule has 30 heavy (non-hydrogen) atoms. The number of carbonyl (C=O) groups excluding carboxylic acids is 1. The van der Waals surface area contributed by atoms with E-state index < -0.39 is 10.0 Å². The van der Waals surface area contributed by atoms with Crippen LogP contribution in [0.2, 0.25) is 0 Å². The molecular formula is C21H23N3O5S. The Kier molecular flexibility index (Phi) is 6.41. The minimum absolute atomic E-state index is 0.0137. The van der Waals surface area contributed by atoms with E-state index >= 15 is 0 Å². The summed E-state index contributed by atoms with van der Waals surface area (Å²) in [6.07, 6.45) is 0. The largest absolute Gasteiger partial charge is 0.489 e. The SMILES string of the molecule is CCS(=O)(=O)Nc1ccc(NC(=O)c2cccc(OCc3c(C)noc3C)c2)cc1. The average molecular weight is 429 g/mol. The molecule has 0 saturated heterocycles. The fourth-order valence-electron chi connectivity index (χ4n) is 2.67. The van der Waals surface area contributed by atoms with Crippen LogP contribution in [0.25, 0.3) is 0 Å². The molecule has 9 heteroatoms. The highest BCUT2D eigenvalue weighted by Crippen LogP contribution is 2.20. The Morgan fingerprint density at radius 3 is 2.43 bits per heavy atom. The summed E-state index contributed by atoms with van der Waals surface area (Å²) in [6.45, 7) is 5.52. The molecule has 0 aliphatic rings. The van der Waals surface area contributed by atoms with Crippen LogP contribution >= 0.6 is 0 Å². The fourth-order valence-corrected chi connectivity index (χ4v) is 3.31. The third kappa shape index (κ3) is 5.38. The summed E-state index contributed by atoms with van der Waals surface area (Å²) in [5.74, 6) is 0.929. The van der Waals surface area contributed by atoms with Crippen molar-refractivity contribution in [1.29, 1.82) is 0 Å². The summed E-state index contributed by atoms with van der Waals surface area (Å²) in [6, 6.07) is 13.3. The van der Waals surface area contributed by atoms with Crippen molar-refractivity contribution in [2.75, 3.05) is 15.8 Å². The van der Waals surface area contributed by atoms with E-state index in [9.17, 15) is 13.2 Å². The Morgan fingerprint density at radius 2 is 1.80 bits per heavy atom. The Balaban J connectivity index is 1.64. The normalized spacial score (nSPS) is 11.2. The first-order valence-electron chi connectivity index (χ1n) is 9.34. The van der Waals surface area contributed by atoms with E-state index in [0.717, 1.165) is 11.3 Å². The molecule has 2 aromatic carbocycles. The molecular weight excluding hydrogens is 406 g/mol. The lowest BCUT2D eigenvalue weighted by Gasteiger charge is -2.10. The molecule has 1 amide bonds. The van der Waals surface area contributed by atoms with Gasteiger partial charge in [0.2, 0.25) is 10.0 Å². The van der Waals surface area contributed by atoms with Crippen LogP contribution in [0.3, 0.4) is 0 Å². The smallest absolute Gasteiger partial charge is 0.255 e. The minimum atomic E-state index is -3.34. The van der Waals surface area contributed by atoms with Gasteiger partial charge in [0.25, 0.3) is 5.91 Å². The second-order valence-electron chi connectivity index (χ2n) is 6.66. The Hall–Kier alpha value is -3.33. The predicted molar refractivity (Wildman–Crippen MR) is 114 cm³/mol.